The van der Waals surface area contributed by atoms with Gasteiger partial charge in [0, 0.05) is 28.9 Å². The number of aromatic nitrogens is 1. The smallest absolute Gasteiger partial charge is 0.318 e. The lowest BCUT2D eigenvalue weighted by Crippen LogP contribution is -2.43. The largest absolute Gasteiger partial charge is 0.489 e. The van der Waals surface area contributed by atoms with Gasteiger partial charge in [-0.1, -0.05) is 32.8 Å². The number of hydrogen-bond acceptors (Lipinski definition) is 5. The number of carboxylic acid groups (broad SMARTS) is 1. The van der Waals surface area contributed by atoms with Gasteiger partial charge in [0.25, 0.3) is 0 Å². The fourth-order valence-corrected chi connectivity index (χ4v) is 4.75. The van der Waals surface area contributed by atoms with Crippen LogP contribution in [0.15, 0.2) is 30.3 Å². The summed E-state index contributed by atoms with van der Waals surface area (Å²) in [5, 5.41) is 18.6. The second kappa shape index (κ2) is 8.37. The first-order chi connectivity index (χ1) is 15.3. The number of carbonyl (C=O) groups excluding carboxylic acids is 1. The van der Waals surface area contributed by atoms with Gasteiger partial charge in [0.2, 0.25) is 0 Å². The topological polar surface area (TPSA) is 104 Å². The van der Waals surface area contributed by atoms with Gasteiger partial charge in [-0.2, -0.15) is 0 Å². The molecule has 2 unspecified atom stereocenters. The number of rotatable bonds is 8. The van der Waals surface area contributed by atoms with Gasteiger partial charge in [0.1, 0.15) is 28.8 Å². The molecule has 0 fully saturated rings. The monoisotopic (exact) mass is 435 g/mol. The number of Topliss-reactive ketones (excluding diaryl/α,β-unsaturated/α-hetero) is 1. The van der Waals surface area contributed by atoms with Crippen LogP contribution >= 0.6 is 0 Å². The first-order valence-electron chi connectivity index (χ1n) is 11.2. The first kappa shape index (κ1) is 22.0. The van der Waals surface area contributed by atoms with Crippen molar-refractivity contribution in [3.63, 3.8) is 0 Å². The maximum atomic E-state index is 13.1. The zero-order valence-electron chi connectivity index (χ0n) is 18.8. The number of carboxylic acids is 1. The summed E-state index contributed by atoms with van der Waals surface area (Å²) < 4.78 is 5.89. The minimum absolute atomic E-state index is 0.0425. The maximum Gasteiger partial charge on any atom is 0.318 e. The minimum Gasteiger partial charge on any atom is -0.489 e. The standard InChI is InChI=1S/C25H29N3O4/c1-4-6-11-25(24(30)31)15(3)32-21-10-8-16(12-19(21)25)20(29)14-28-13-17-7-9-18(5-2)27-22(17)23(28)26/h7-10,12,15,26H,4-6,11,13-14H2,1-3H3,(H,30,31). The quantitative estimate of drug-likeness (QED) is 0.608. The van der Waals surface area contributed by atoms with E-state index in [4.69, 9.17) is 10.1 Å². The molecule has 2 aliphatic rings. The SMILES string of the molecule is CCCCC1(C(=O)O)c2cc(C(=O)CN3Cc4ccc(CC)nc4C3=N)ccc2OC1C. The van der Waals surface area contributed by atoms with Crippen molar-refractivity contribution in [3.05, 3.63) is 58.4 Å². The van der Waals surface area contributed by atoms with Crippen LogP contribution in [0.2, 0.25) is 0 Å². The number of hydrogen-bond donors (Lipinski definition) is 2. The highest BCUT2D eigenvalue weighted by Crippen LogP contribution is 2.47. The third-order valence-corrected chi connectivity index (χ3v) is 6.72. The molecular weight excluding hydrogens is 406 g/mol. The molecule has 32 heavy (non-hydrogen) atoms. The average Bonchev–Trinajstić information content (AvgIpc) is 3.25. The first-order valence-corrected chi connectivity index (χ1v) is 11.2. The number of carbonyl (C=O) groups is 2. The highest BCUT2D eigenvalue weighted by molar-refractivity contribution is 6.04. The molecule has 0 radical (unpaired) electrons. The third-order valence-electron chi connectivity index (χ3n) is 6.72. The fraction of sp³-hybridized carbons (Fsp3) is 0.440. The molecule has 2 aliphatic heterocycles. The van der Waals surface area contributed by atoms with Crippen LogP contribution in [0.1, 0.15) is 72.9 Å². The van der Waals surface area contributed by atoms with Gasteiger partial charge >= 0.3 is 5.97 Å². The summed E-state index contributed by atoms with van der Waals surface area (Å²) in [6.45, 7) is 6.34. The number of ether oxygens (including phenoxy) is 1. The number of aliphatic carboxylic acids is 1. The van der Waals surface area contributed by atoms with E-state index in [0.717, 1.165) is 30.5 Å². The van der Waals surface area contributed by atoms with Crippen molar-refractivity contribution in [2.24, 2.45) is 0 Å². The molecule has 0 aliphatic carbocycles. The van der Waals surface area contributed by atoms with Crippen molar-refractivity contribution < 1.29 is 19.4 Å². The molecule has 1 aromatic carbocycles. The van der Waals surface area contributed by atoms with E-state index in [9.17, 15) is 14.7 Å². The van der Waals surface area contributed by atoms with Gasteiger partial charge < -0.3 is 14.7 Å². The molecule has 1 aromatic heterocycles. The summed E-state index contributed by atoms with van der Waals surface area (Å²) in [7, 11) is 0. The lowest BCUT2D eigenvalue weighted by molar-refractivity contribution is -0.146. The van der Waals surface area contributed by atoms with E-state index >= 15 is 0 Å². The van der Waals surface area contributed by atoms with E-state index in [1.165, 1.54) is 0 Å². The number of benzene rings is 1. The number of unbranched alkanes of at least 4 members (excludes halogenated alkanes) is 1. The second-order valence-corrected chi connectivity index (χ2v) is 8.64. The highest BCUT2D eigenvalue weighted by Gasteiger charge is 2.52. The Morgan fingerprint density at radius 1 is 1.28 bits per heavy atom. The van der Waals surface area contributed by atoms with Crippen molar-refractivity contribution in [3.8, 4) is 5.75 Å². The Kier molecular flexibility index (Phi) is 5.75. The summed E-state index contributed by atoms with van der Waals surface area (Å²) in [4.78, 5) is 31.8. The predicted molar refractivity (Wildman–Crippen MR) is 121 cm³/mol. The lowest BCUT2D eigenvalue weighted by Gasteiger charge is -2.28. The third kappa shape index (κ3) is 3.45. The van der Waals surface area contributed by atoms with Crippen LogP contribution in [-0.2, 0) is 23.2 Å². The molecular formula is C25H29N3O4. The Hall–Kier alpha value is -3.22. The molecule has 7 heteroatoms. The Labute approximate surface area is 187 Å². The van der Waals surface area contributed by atoms with E-state index < -0.39 is 17.5 Å². The molecule has 168 valence electrons. The van der Waals surface area contributed by atoms with Crippen molar-refractivity contribution >= 4 is 17.6 Å². The Morgan fingerprint density at radius 3 is 2.75 bits per heavy atom. The van der Waals surface area contributed by atoms with Gasteiger partial charge in [-0.05, 0) is 44.0 Å². The number of nitrogens with one attached hydrogen (secondary N) is 1. The number of aryl methyl sites for hydroxylation is 1. The van der Waals surface area contributed by atoms with Gasteiger partial charge in [-0.15, -0.1) is 0 Å². The van der Waals surface area contributed by atoms with Gasteiger partial charge in [-0.25, -0.2) is 4.98 Å². The Bertz CT molecular complexity index is 1100. The number of fused-ring (bicyclic) bond motifs is 2. The van der Waals surface area contributed by atoms with Crippen LogP contribution in [0.3, 0.4) is 0 Å². The van der Waals surface area contributed by atoms with Crippen LogP contribution in [0.5, 0.6) is 5.75 Å². The summed E-state index contributed by atoms with van der Waals surface area (Å²) in [6, 6.07) is 9.01. The van der Waals surface area contributed by atoms with Crippen LogP contribution in [-0.4, -0.2) is 45.2 Å². The van der Waals surface area contributed by atoms with Gasteiger partial charge in [0.05, 0.1) is 6.54 Å². The van der Waals surface area contributed by atoms with Crippen LogP contribution in [0.4, 0.5) is 0 Å². The highest BCUT2D eigenvalue weighted by atomic mass is 16.5. The van der Waals surface area contributed by atoms with Crippen molar-refractivity contribution in [2.45, 2.75) is 64.5 Å². The molecule has 0 spiro atoms. The van der Waals surface area contributed by atoms with Crippen LogP contribution < -0.4 is 4.74 Å². The van der Waals surface area contributed by atoms with Gasteiger partial charge in [0.15, 0.2) is 5.78 Å². The van der Waals surface area contributed by atoms with E-state index in [-0.39, 0.29) is 18.2 Å². The predicted octanol–water partition coefficient (Wildman–Crippen LogP) is 3.96. The summed E-state index contributed by atoms with van der Waals surface area (Å²) in [5.41, 5.74) is 2.36. The van der Waals surface area contributed by atoms with Crippen LogP contribution in [0.25, 0.3) is 0 Å². The molecule has 0 amide bonds. The maximum absolute atomic E-state index is 13.1. The number of pyridine rings is 1. The Balaban J connectivity index is 1.59. The molecule has 7 nitrogen and oxygen atoms in total. The second-order valence-electron chi connectivity index (χ2n) is 8.64. The van der Waals surface area contributed by atoms with Crippen molar-refractivity contribution in [1.82, 2.24) is 9.88 Å². The average molecular weight is 436 g/mol. The Morgan fingerprint density at radius 2 is 2.06 bits per heavy atom. The van der Waals surface area contributed by atoms with Crippen LogP contribution in [0, 0.1) is 5.41 Å². The van der Waals surface area contributed by atoms with Crippen molar-refractivity contribution in [2.75, 3.05) is 6.54 Å². The van der Waals surface area contributed by atoms with Crippen molar-refractivity contribution in [1.29, 1.82) is 5.41 Å². The van der Waals surface area contributed by atoms with E-state index in [1.54, 1.807) is 30.0 Å². The number of ketones is 1. The minimum atomic E-state index is -1.15. The normalized spacial score (nSPS) is 21.3. The summed E-state index contributed by atoms with van der Waals surface area (Å²) in [6.07, 6.45) is 2.38. The lowest BCUT2D eigenvalue weighted by atomic mass is 9.73. The van der Waals surface area contributed by atoms with E-state index in [2.05, 4.69) is 4.98 Å². The molecule has 2 N–H and O–H groups in total. The summed E-state index contributed by atoms with van der Waals surface area (Å²) in [5.74, 6) is -0.290. The zero-order valence-corrected chi connectivity index (χ0v) is 18.8. The molecule has 4 rings (SSSR count). The molecule has 0 bridgehead atoms. The molecule has 2 aromatic rings. The number of nitrogens with zero attached hydrogens (tertiary/aromatic N) is 2. The molecule has 0 saturated carbocycles. The van der Waals surface area contributed by atoms with E-state index in [0.29, 0.717) is 35.5 Å². The van der Waals surface area contributed by atoms with E-state index in [1.807, 2.05) is 26.0 Å². The summed E-state index contributed by atoms with van der Waals surface area (Å²) >= 11 is 0. The van der Waals surface area contributed by atoms with Gasteiger partial charge in [-0.3, -0.25) is 15.0 Å². The molecule has 2 atom stereocenters. The zero-order chi connectivity index (χ0) is 23.0. The number of amidine groups is 1. The molecule has 3 heterocycles. The fourth-order valence-electron chi connectivity index (χ4n) is 4.75. The molecule has 0 saturated heterocycles.